The highest BCUT2D eigenvalue weighted by atomic mass is 35.5. The average molecular weight is 420 g/mol. The normalized spacial score (nSPS) is 10.3. The van der Waals surface area contributed by atoms with E-state index < -0.39 is 0 Å². The van der Waals surface area contributed by atoms with E-state index in [2.05, 4.69) is 0 Å². The molecule has 0 spiro atoms. The van der Waals surface area contributed by atoms with Crippen molar-refractivity contribution < 1.29 is 23.8 Å². The van der Waals surface area contributed by atoms with Crippen LogP contribution in [0.5, 0.6) is 11.5 Å². The molecule has 0 saturated carbocycles. The third kappa shape index (κ3) is 6.39. The molecule has 2 aromatic carbocycles. The van der Waals surface area contributed by atoms with Gasteiger partial charge in [0.25, 0.3) is 5.91 Å². The number of carbonyl (C=O) groups excluding carboxylic acids is 2. The van der Waals surface area contributed by atoms with Crippen molar-refractivity contribution in [3.63, 3.8) is 0 Å². The van der Waals surface area contributed by atoms with Crippen LogP contribution in [0.15, 0.2) is 42.5 Å². The summed E-state index contributed by atoms with van der Waals surface area (Å²) in [6, 6.07) is 12.7. The van der Waals surface area contributed by atoms with Gasteiger partial charge in [-0.05, 0) is 24.1 Å². The summed E-state index contributed by atoms with van der Waals surface area (Å²) in [6.45, 7) is 3.04. The number of ether oxygens (including phenoxy) is 3. The second kappa shape index (κ2) is 11.3. The molecule has 0 fully saturated rings. The molecular weight excluding hydrogens is 394 g/mol. The van der Waals surface area contributed by atoms with Crippen molar-refractivity contribution in [2.45, 2.75) is 26.3 Å². The lowest BCUT2D eigenvalue weighted by Gasteiger charge is -2.23. The second-order valence-electron chi connectivity index (χ2n) is 6.38. The summed E-state index contributed by atoms with van der Waals surface area (Å²) in [5, 5.41) is 0.300. The van der Waals surface area contributed by atoms with Crippen LogP contribution in [-0.4, -0.2) is 44.1 Å². The van der Waals surface area contributed by atoms with Gasteiger partial charge in [0.15, 0.2) is 11.5 Å². The zero-order valence-corrected chi connectivity index (χ0v) is 17.7. The van der Waals surface area contributed by atoms with E-state index in [-0.39, 0.29) is 24.8 Å². The fourth-order valence-corrected chi connectivity index (χ4v) is 3.02. The Kier molecular flexibility index (Phi) is 8.80. The average Bonchev–Trinajstić information content (AvgIpc) is 2.75. The second-order valence-corrected chi connectivity index (χ2v) is 6.78. The van der Waals surface area contributed by atoms with Crippen LogP contribution in [0, 0.1) is 0 Å². The number of carbonyl (C=O) groups is 2. The molecule has 0 aromatic heterocycles. The molecule has 1 amide bonds. The first-order valence-corrected chi connectivity index (χ1v) is 9.78. The van der Waals surface area contributed by atoms with Gasteiger partial charge < -0.3 is 19.1 Å². The van der Waals surface area contributed by atoms with Gasteiger partial charge in [0, 0.05) is 18.7 Å². The van der Waals surface area contributed by atoms with Crippen molar-refractivity contribution in [3.05, 3.63) is 58.6 Å². The van der Waals surface area contributed by atoms with Gasteiger partial charge in [-0.1, -0.05) is 48.9 Å². The number of nitrogens with zero attached hydrogens (tertiary/aromatic N) is 1. The Balaban J connectivity index is 2.30. The zero-order valence-electron chi connectivity index (χ0n) is 16.9. The number of esters is 1. The van der Waals surface area contributed by atoms with E-state index in [0.717, 1.165) is 12.0 Å². The Morgan fingerprint density at radius 1 is 1.10 bits per heavy atom. The topological polar surface area (TPSA) is 65.1 Å². The van der Waals surface area contributed by atoms with E-state index in [1.165, 1.54) is 14.2 Å². The van der Waals surface area contributed by atoms with Crippen molar-refractivity contribution >= 4 is 23.5 Å². The summed E-state index contributed by atoms with van der Waals surface area (Å²) in [6.07, 6.45) is 0.913. The SMILES string of the molecule is CCCOc1c(Cl)cc(C(=O)N(CCC(=O)OC)Cc2ccccc2)cc1OC. The van der Waals surface area contributed by atoms with Crippen molar-refractivity contribution in [1.29, 1.82) is 0 Å². The first-order chi connectivity index (χ1) is 14.0. The van der Waals surface area contributed by atoms with Crippen molar-refractivity contribution in [2.75, 3.05) is 27.4 Å². The highest BCUT2D eigenvalue weighted by molar-refractivity contribution is 6.32. The molecule has 0 N–H and O–H groups in total. The van der Waals surface area contributed by atoms with Crippen LogP contribution in [0.25, 0.3) is 0 Å². The Morgan fingerprint density at radius 3 is 2.45 bits per heavy atom. The van der Waals surface area contributed by atoms with Gasteiger partial charge in [0.2, 0.25) is 0 Å². The number of hydrogen-bond acceptors (Lipinski definition) is 5. The van der Waals surface area contributed by atoms with Gasteiger partial charge in [-0.3, -0.25) is 9.59 Å². The molecular formula is C22H26ClNO5. The van der Waals surface area contributed by atoms with Gasteiger partial charge in [0.1, 0.15) is 0 Å². The van der Waals surface area contributed by atoms with Crippen LogP contribution in [0.2, 0.25) is 5.02 Å². The van der Waals surface area contributed by atoms with Crippen LogP contribution < -0.4 is 9.47 Å². The minimum absolute atomic E-state index is 0.0949. The summed E-state index contributed by atoms with van der Waals surface area (Å²) in [5.74, 6) is 0.161. The number of methoxy groups -OCH3 is 2. The molecule has 29 heavy (non-hydrogen) atoms. The molecule has 2 rings (SSSR count). The Bertz CT molecular complexity index is 825. The summed E-state index contributed by atoms with van der Waals surface area (Å²) < 4.78 is 15.7. The third-order valence-electron chi connectivity index (χ3n) is 4.24. The molecule has 2 aromatic rings. The molecule has 156 valence electrons. The first-order valence-electron chi connectivity index (χ1n) is 9.40. The Labute approximate surface area is 176 Å². The van der Waals surface area contributed by atoms with Crippen LogP contribution in [0.3, 0.4) is 0 Å². The summed E-state index contributed by atoms with van der Waals surface area (Å²) >= 11 is 6.36. The molecule has 0 bridgehead atoms. The van der Waals surface area contributed by atoms with E-state index >= 15 is 0 Å². The molecule has 0 aliphatic rings. The molecule has 0 heterocycles. The minimum atomic E-state index is -0.380. The fourth-order valence-electron chi connectivity index (χ4n) is 2.75. The molecule has 0 radical (unpaired) electrons. The van der Waals surface area contributed by atoms with E-state index in [0.29, 0.717) is 35.2 Å². The van der Waals surface area contributed by atoms with E-state index in [1.807, 2.05) is 37.3 Å². The smallest absolute Gasteiger partial charge is 0.307 e. The Morgan fingerprint density at radius 2 is 1.83 bits per heavy atom. The quantitative estimate of drug-likeness (QED) is 0.536. The van der Waals surface area contributed by atoms with Crippen LogP contribution >= 0.6 is 11.6 Å². The summed E-state index contributed by atoms with van der Waals surface area (Å²) in [4.78, 5) is 26.4. The monoisotopic (exact) mass is 419 g/mol. The fraction of sp³-hybridized carbons (Fsp3) is 0.364. The van der Waals surface area contributed by atoms with Gasteiger partial charge in [-0.25, -0.2) is 0 Å². The summed E-state index contributed by atoms with van der Waals surface area (Å²) in [7, 11) is 2.82. The molecule has 0 aliphatic heterocycles. The van der Waals surface area contributed by atoms with Crippen molar-refractivity contribution in [2.24, 2.45) is 0 Å². The number of benzene rings is 2. The van der Waals surface area contributed by atoms with Gasteiger partial charge in [0.05, 0.1) is 32.3 Å². The first kappa shape index (κ1) is 22.6. The van der Waals surface area contributed by atoms with Crippen LogP contribution in [0.4, 0.5) is 0 Å². The molecule has 0 unspecified atom stereocenters. The Hall–Kier alpha value is -2.73. The minimum Gasteiger partial charge on any atom is -0.493 e. The lowest BCUT2D eigenvalue weighted by molar-refractivity contribution is -0.140. The van der Waals surface area contributed by atoms with E-state index in [9.17, 15) is 9.59 Å². The van der Waals surface area contributed by atoms with Crippen molar-refractivity contribution in [1.82, 2.24) is 4.90 Å². The maximum absolute atomic E-state index is 13.2. The molecule has 0 saturated heterocycles. The molecule has 0 aliphatic carbocycles. The summed E-state index contributed by atoms with van der Waals surface area (Å²) in [5.41, 5.74) is 1.31. The highest BCUT2D eigenvalue weighted by Gasteiger charge is 2.21. The van der Waals surface area contributed by atoms with Gasteiger partial charge >= 0.3 is 5.97 Å². The number of halogens is 1. The van der Waals surface area contributed by atoms with Crippen LogP contribution in [-0.2, 0) is 16.1 Å². The van der Waals surface area contributed by atoms with E-state index in [4.69, 9.17) is 25.8 Å². The standard InChI is InChI=1S/C22H26ClNO5/c1-4-12-29-21-18(23)13-17(14-19(21)27-2)22(26)24(11-10-20(25)28-3)15-16-8-6-5-7-9-16/h5-9,13-14H,4,10-12,15H2,1-3H3. The van der Waals surface area contributed by atoms with Gasteiger partial charge in [-0.15, -0.1) is 0 Å². The highest BCUT2D eigenvalue weighted by Crippen LogP contribution is 2.37. The van der Waals surface area contributed by atoms with Crippen molar-refractivity contribution in [3.8, 4) is 11.5 Å². The van der Waals surface area contributed by atoms with Crippen LogP contribution in [0.1, 0.15) is 35.7 Å². The predicted octanol–water partition coefficient (Wildman–Crippen LogP) is 4.34. The molecule has 0 atom stereocenters. The predicted molar refractivity (Wildman–Crippen MR) is 112 cm³/mol. The number of hydrogen-bond donors (Lipinski definition) is 0. The lowest BCUT2D eigenvalue weighted by Crippen LogP contribution is -2.32. The molecule has 7 heteroatoms. The zero-order chi connectivity index (χ0) is 21.2. The van der Waals surface area contributed by atoms with Gasteiger partial charge in [-0.2, -0.15) is 0 Å². The number of amides is 1. The maximum atomic E-state index is 13.2. The maximum Gasteiger partial charge on any atom is 0.307 e. The third-order valence-corrected chi connectivity index (χ3v) is 4.52. The lowest BCUT2D eigenvalue weighted by atomic mass is 10.1. The number of rotatable bonds is 10. The molecule has 6 nitrogen and oxygen atoms in total. The largest absolute Gasteiger partial charge is 0.493 e. The van der Waals surface area contributed by atoms with E-state index in [1.54, 1.807) is 17.0 Å².